The molecular formula is C23H18N4O3. The van der Waals surface area contributed by atoms with Gasteiger partial charge in [-0.05, 0) is 24.3 Å². The van der Waals surface area contributed by atoms with Crippen molar-refractivity contribution in [3.8, 4) is 28.6 Å². The van der Waals surface area contributed by atoms with Crippen molar-refractivity contribution in [2.75, 3.05) is 18.5 Å². The van der Waals surface area contributed by atoms with Crippen molar-refractivity contribution in [2.45, 2.75) is 0 Å². The normalized spacial score (nSPS) is 12.4. The van der Waals surface area contributed by atoms with Gasteiger partial charge in [0.1, 0.15) is 13.2 Å². The van der Waals surface area contributed by atoms with Gasteiger partial charge in [-0.25, -0.2) is 9.67 Å². The SMILES string of the molecule is O=C(Nc1ccc2c(c1)OCCO2)c1nc(-c2ccccc2)n(-c2ccccc2)n1. The van der Waals surface area contributed by atoms with Gasteiger partial charge in [0, 0.05) is 17.3 Å². The molecule has 4 aromatic rings. The second-order valence-corrected chi connectivity index (χ2v) is 6.68. The standard InChI is InChI=1S/C23H18N4O3/c28-23(24-17-11-12-19-20(15-17)30-14-13-29-19)21-25-22(16-7-3-1-4-8-16)27(26-21)18-9-5-2-6-10-18/h1-12,15H,13-14H2,(H,24,28). The molecule has 0 saturated carbocycles. The molecular weight excluding hydrogens is 380 g/mol. The fraction of sp³-hybridized carbons (Fsp3) is 0.0870. The average molecular weight is 398 g/mol. The van der Waals surface area contributed by atoms with Crippen molar-refractivity contribution in [1.29, 1.82) is 0 Å². The first-order valence-corrected chi connectivity index (χ1v) is 9.57. The van der Waals surface area contributed by atoms with Crippen LogP contribution in [0.4, 0.5) is 5.69 Å². The van der Waals surface area contributed by atoms with Crippen LogP contribution in [0.25, 0.3) is 17.1 Å². The number of anilines is 1. The number of hydrogen-bond donors (Lipinski definition) is 1. The van der Waals surface area contributed by atoms with E-state index in [2.05, 4.69) is 15.4 Å². The lowest BCUT2D eigenvalue weighted by Gasteiger charge is -2.18. The Morgan fingerprint density at radius 2 is 1.57 bits per heavy atom. The molecule has 1 aliphatic rings. The molecule has 0 spiro atoms. The number of ether oxygens (including phenoxy) is 2. The Balaban J connectivity index is 1.48. The monoisotopic (exact) mass is 398 g/mol. The van der Waals surface area contributed by atoms with Gasteiger partial charge in [-0.2, -0.15) is 0 Å². The smallest absolute Gasteiger partial charge is 0.295 e. The summed E-state index contributed by atoms with van der Waals surface area (Å²) in [6, 6.07) is 24.5. The summed E-state index contributed by atoms with van der Waals surface area (Å²) in [7, 11) is 0. The number of aromatic nitrogens is 3. The molecule has 148 valence electrons. The van der Waals surface area contributed by atoms with E-state index in [0.717, 1.165) is 11.3 Å². The molecule has 0 unspecified atom stereocenters. The number of amides is 1. The molecule has 3 aromatic carbocycles. The van der Waals surface area contributed by atoms with Gasteiger partial charge in [-0.3, -0.25) is 4.79 Å². The lowest BCUT2D eigenvalue weighted by Crippen LogP contribution is -2.17. The van der Waals surface area contributed by atoms with Gasteiger partial charge in [-0.15, -0.1) is 5.10 Å². The average Bonchev–Trinajstić information content (AvgIpc) is 3.26. The lowest BCUT2D eigenvalue weighted by atomic mass is 10.2. The maximum absolute atomic E-state index is 12.9. The van der Waals surface area contributed by atoms with Gasteiger partial charge >= 0.3 is 0 Å². The van der Waals surface area contributed by atoms with Crippen LogP contribution in [0.2, 0.25) is 0 Å². The van der Waals surface area contributed by atoms with E-state index in [4.69, 9.17) is 9.47 Å². The third-order valence-corrected chi connectivity index (χ3v) is 4.64. The minimum absolute atomic E-state index is 0.0765. The molecule has 1 aromatic heterocycles. The first-order chi connectivity index (χ1) is 14.8. The van der Waals surface area contributed by atoms with Crippen LogP contribution in [-0.2, 0) is 0 Å². The van der Waals surface area contributed by atoms with Gasteiger partial charge in [0.25, 0.3) is 5.91 Å². The zero-order valence-corrected chi connectivity index (χ0v) is 16.0. The molecule has 0 saturated heterocycles. The van der Waals surface area contributed by atoms with Crippen LogP contribution in [0.5, 0.6) is 11.5 Å². The zero-order valence-electron chi connectivity index (χ0n) is 16.0. The predicted octanol–water partition coefficient (Wildman–Crippen LogP) is 3.96. The summed E-state index contributed by atoms with van der Waals surface area (Å²) in [4.78, 5) is 17.4. The highest BCUT2D eigenvalue weighted by Gasteiger charge is 2.20. The van der Waals surface area contributed by atoms with Crippen LogP contribution >= 0.6 is 0 Å². The predicted molar refractivity (Wildman–Crippen MR) is 112 cm³/mol. The molecule has 5 rings (SSSR count). The van der Waals surface area contributed by atoms with E-state index >= 15 is 0 Å². The Hall–Kier alpha value is -4.13. The maximum atomic E-state index is 12.9. The Kier molecular flexibility index (Phi) is 4.61. The molecule has 2 heterocycles. The molecule has 0 fully saturated rings. The Morgan fingerprint density at radius 1 is 0.867 bits per heavy atom. The van der Waals surface area contributed by atoms with Gasteiger partial charge in [-0.1, -0.05) is 48.5 Å². The Labute approximate surface area is 172 Å². The van der Waals surface area contributed by atoms with Crippen LogP contribution in [0.1, 0.15) is 10.6 Å². The second kappa shape index (κ2) is 7.71. The van der Waals surface area contributed by atoms with Crippen molar-refractivity contribution < 1.29 is 14.3 Å². The number of carbonyl (C=O) groups is 1. The summed E-state index contributed by atoms with van der Waals surface area (Å²) in [5.41, 5.74) is 2.27. The number of rotatable bonds is 4. The van der Waals surface area contributed by atoms with Crippen LogP contribution in [0.3, 0.4) is 0 Å². The van der Waals surface area contributed by atoms with Crippen molar-refractivity contribution in [1.82, 2.24) is 14.8 Å². The number of fused-ring (bicyclic) bond motifs is 1. The van der Waals surface area contributed by atoms with Crippen molar-refractivity contribution >= 4 is 11.6 Å². The summed E-state index contributed by atoms with van der Waals surface area (Å²) < 4.78 is 12.8. The molecule has 30 heavy (non-hydrogen) atoms. The maximum Gasteiger partial charge on any atom is 0.295 e. The highest BCUT2D eigenvalue weighted by atomic mass is 16.6. The highest BCUT2D eigenvalue weighted by Crippen LogP contribution is 2.32. The molecule has 1 N–H and O–H groups in total. The Bertz CT molecular complexity index is 1130. The van der Waals surface area contributed by atoms with Crippen LogP contribution in [0.15, 0.2) is 78.9 Å². The van der Waals surface area contributed by atoms with Gasteiger partial charge in [0.2, 0.25) is 5.82 Å². The molecule has 1 amide bonds. The van der Waals surface area contributed by atoms with Gasteiger partial charge < -0.3 is 14.8 Å². The largest absolute Gasteiger partial charge is 0.486 e. The van der Waals surface area contributed by atoms with Crippen LogP contribution in [0, 0.1) is 0 Å². The number of carbonyl (C=O) groups excluding carboxylic acids is 1. The molecule has 7 heteroatoms. The van der Waals surface area contributed by atoms with E-state index < -0.39 is 5.91 Å². The number of para-hydroxylation sites is 1. The number of nitrogens with one attached hydrogen (secondary N) is 1. The third-order valence-electron chi connectivity index (χ3n) is 4.64. The minimum Gasteiger partial charge on any atom is -0.486 e. The second-order valence-electron chi connectivity index (χ2n) is 6.68. The van der Waals surface area contributed by atoms with E-state index in [-0.39, 0.29) is 5.82 Å². The number of nitrogens with zero attached hydrogens (tertiary/aromatic N) is 3. The number of hydrogen-bond acceptors (Lipinski definition) is 5. The Morgan fingerprint density at radius 3 is 2.33 bits per heavy atom. The molecule has 0 bridgehead atoms. The highest BCUT2D eigenvalue weighted by molar-refractivity contribution is 6.02. The van der Waals surface area contributed by atoms with E-state index in [1.165, 1.54) is 0 Å². The molecule has 0 aliphatic carbocycles. The van der Waals surface area contributed by atoms with E-state index in [1.54, 1.807) is 22.9 Å². The van der Waals surface area contributed by atoms with Crippen LogP contribution in [-0.4, -0.2) is 33.9 Å². The minimum atomic E-state index is -0.404. The summed E-state index contributed by atoms with van der Waals surface area (Å²) in [6.07, 6.45) is 0. The van der Waals surface area contributed by atoms with Gasteiger partial charge in [0.05, 0.1) is 5.69 Å². The summed E-state index contributed by atoms with van der Waals surface area (Å²) in [5.74, 6) is 1.53. The molecule has 1 aliphatic heterocycles. The quantitative estimate of drug-likeness (QED) is 0.563. The fourth-order valence-electron chi connectivity index (χ4n) is 3.24. The van der Waals surface area contributed by atoms with Crippen molar-refractivity contribution in [3.63, 3.8) is 0 Å². The summed E-state index contributed by atoms with van der Waals surface area (Å²) in [6.45, 7) is 0.996. The van der Waals surface area contributed by atoms with Crippen LogP contribution < -0.4 is 14.8 Å². The first-order valence-electron chi connectivity index (χ1n) is 9.57. The van der Waals surface area contributed by atoms with E-state index in [1.807, 2.05) is 60.7 Å². The van der Waals surface area contributed by atoms with Crippen molar-refractivity contribution in [3.05, 3.63) is 84.7 Å². The summed E-state index contributed by atoms with van der Waals surface area (Å²) in [5, 5.41) is 7.32. The lowest BCUT2D eigenvalue weighted by molar-refractivity contribution is 0.101. The first kappa shape index (κ1) is 17.9. The number of benzene rings is 3. The molecule has 7 nitrogen and oxygen atoms in total. The summed E-state index contributed by atoms with van der Waals surface area (Å²) >= 11 is 0. The van der Waals surface area contributed by atoms with E-state index in [0.29, 0.717) is 36.2 Å². The van der Waals surface area contributed by atoms with E-state index in [9.17, 15) is 4.79 Å². The third kappa shape index (κ3) is 3.48. The molecule has 0 atom stereocenters. The van der Waals surface area contributed by atoms with Gasteiger partial charge in [0.15, 0.2) is 17.3 Å². The topological polar surface area (TPSA) is 78.3 Å². The van der Waals surface area contributed by atoms with Crippen molar-refractivity contribution in [2.24, 2.45) is 0 Å². The molecule has 0 radical (unpaired) electrons. The fourth-order valence-corrected chi connectivity index (χ4v) is 3.24. The zero-order chi connectivity index (χ0) is 20.3.